The molecule has 3 aromatic rings. The highest BCUT2D eigenvalue weighted by molar-refractivity contribution is 6.23. The summed E-state index contributed by atoms with van der Waals surface area (Å²) in [6.07, 6.45) is 3.31. The Morgan fingerprint density at radius 2 is 1.66 bits per heavy atom. The van der Waals surface area contributed by atoms with Crippen LogP contribution in [-0.2, 0) is 16.0 Å². The maximum Gasteiger partial charge on any atom is 0.333 e. The minimum Gasteiger partial charge on any atom is -0.322 e. The van der Waals surface area contributed by atoms with E-state index in [0.717, 1.165) is 23.0 Å². The average Bonchev–Trinajstić information content (AvgIpc) is 3.22. The summed E-state index contributed by atoms with van der Waals surface area (Å²) in [4.78, 5) is 53.1. The second-order valence-electron chi connectivity index (χ2n) is 7.68. The Kier molecular flexibility index (Phi) is 6.39. The standard InChI is InChI=1S/C24H25N5O3/c1-2-3-14-28-21(30)18(16-25-23-26-19-11-7-8-12-20(19)27-23)22(31)29(24(28)32)15-13-17-9-5-4-6-10-17/h4-12,16,18H,2-3,13-15H2,1H3,(H,26,27). The number of urea groups is 1. The fraction of sp³-hybridized carbons (Fsp3) is 0.292. The van der Waals surface area contributed by atoms with E-state index in [-0.39, 0.29) is 13.1 Å². The molecule has 32 heavy (non-hydrogen) atoms. The topological polar surface area (TPSA) is 98.7 Å². The molecular weight excluding hydrogens is 406 g/mol. The SMILES string of the molecule is CCCCN1C(=O)C(C=Nc2nc3ccccc3[nH]2)C(=O)N(CCc2ccccc2)C1=O. The van der Waals surface area contributed by atoms with Crippen LogP contribution in [-0.4, -0.2) is 56.9 Å². The average molecular weight is 431 g/mol. The second-order valence-corrected chi connectivity index (χ2v) is 7.68. The van der Waals surface area contributed by atoms with Crippen LogP contribution in [0.1, 0.15) is 25.3 Å². The quantitative estimate of drug-likeness (QED) is 0.434. The number of nitrogens with one attached hydrogen (secondary N) is 1. The summed E-state index contributed by atoms with van der Waals surface area (Å²) in [5, 5.41) is 0. The second kappa shape index (κ2) is 9.55. The van der Waals surface area contributed by atoms with Gasteiger partial charge in [0.25, 0.3) is 0 Å². The van der Waals surface area contributed by atoms with Crippen LogP contribution in [0, 0.1) is 5.92 Å². The molecule has 2 aromatic carbocycles. The fourth-order valence-electron chi connectivity index (χ4n) is 3.66. The Morgan fingerprint density at radius 3 is 2.38 bits per heavy atom. The summed E-state index contributed by atoms with van der Waals surface area (Å²) in [6.45, 7) is 2.46. The van der Waals surface area contributed by atoms with E-state index in [1.807, 2.05) is 61.5 Å². The number of nitrogens with zero attached hydrogens (tertiary/aromatic N) is 4. The number of carbonyl (C=O) groups is 3. The fourth-order valence-corrected chi connectivity index (χ4v) is 3.66. The zero-order valence-electron chi connectivity index (χ0n) is 17.9. The summed E-state index contributed by atoms with van der Waals surface area (Å²) in [6, 6.07) is 16.5. The molecule has 4 amide bonds. The van der Waals surface area contributed by atoms with Crippen molar-refractivity contribution in [1.82, 2.24) is 19.8 Å². The predicted octanol–water partition coefficient (Wildman–Crippen LogP) is 3.72. The summed E-state index contributed by atoms with van der Waals surface area (Å²) in [5.74, 6) is -1.94. The molecule has 8 heteroatoms. The number of aromatic amines is 1. The molecular formula is C24H25N5O3. The van der Waals surface area contributed by atoms with Crippen molar-refractivity contribution in [1.29, 1.82) is 0 Å². The van der Waals surface area contributed by atoms with Crippen LogP contribution >= 0.6 is 0 Å². The van der Waals surface area contributed by atoms with E-state index < -0.39 is 23.8 Å². The molecule has 1 N–H and O–H groups in total. The smallest absolute Gasteiger partial charge is 0.322 e. The van der Waals surface area contributed by atoms with Gasteiger partial charge in [0.2, 0.25) is 17.8 Å². The number of H-pyrrole nitrogens is 1. The molecule has 0 aliphatic carbocycles. The van der Waals surface area contributed by atoms with Gasteiger partial charge in [-0.3, -0.25) is 19.4 Å². The Balaban J connectivity index is 1.57. The molecule has 0 spiro atoms. The van der Waals surface area contributed by atoms with E-state index in [9.17, 15) is 14.4 Å². The molecule has 1 saturated heterocycles. The van der Waals surface area contributed by atoms with E-state index in [4.69, 9.17) is 0 Å². The number of aromatic nitrogens is 2. The van der Waals surface area contributed by atoms with Gasteiger partial charge in [-0.05, 0) is 30.5 Å². The largest absolute Gasteiger partial charge is 0.333 e. The lowest BCUT2D eigenvalue weighted by Gasteiger charge is -2.35. The van der Waals surface area contributed by atoms with Gasteiger partial charge in [-0.25, -0.2) is 14.8 Å². The highest BCUT2D eigenvalue weighted by Crippen LogP contribution is 2.20. The third kappa shape index (κ3) is 4.44. The normalized spacial score (nSPS) is 17.2. The highest BCUT2D eigenvalue weighted by Gasteiger charge is 2.44. The van der Waals surface area contributed by atoms with Crippen molar-refractivity contribution in [2.24, 2.45) is 10.9 Å². The number of barbiturate groups is 1. The van der Waals surface area contributed by atoms with Crippen molar-refractivity contribution in [2.75, 3.05) is 13.1 Å². The van der Waals surface area contributed by atoms with Crippen molar-refractivity contribution in [2.45, 2.75) is 26.2 Å². The van der Waals surface area contributed by atoms with Crippen molar-refractivity contribution in [3.05, 3.63) is 60.2 Å². The van der Waals surface area contributed by atoms with Crippen LogP contribution in [0.3, 0.4) is 0 Å². The number of rotatable bonds is 8. The van der Waals surface area contributed by atoms with E-state index in [1.165, 1.54) is 16.0 Å². The van der Waals surface area contributed by atoms with Gasteiger partial charge in [-0.15, -0.1) is 0 Å². The van der Waals surface area contributed by atoms with Gasteiger partial charge in [0.1, 0.15) is 0 Å². The number of benzene rings is 2. The number of imide groups is 2. The molecule has 0 saturated carbocycles. The van der Waals surface area contributed by atoms with Gasteiger partial charge in [0.15, 0.2) is 5.92 Å². The van der Waals surface area contributed by atoms with Crippen LogP contribution in [0.2, 0.25) is 0 Å². The summed E-state index contributed by atoms with van der Waals surface area (Å²) in [7, 11) is 0. The lowest BCUT2D eigenvalue weighted by molar-refractivity contribution is -0.145. The lowest BCUT2D eigenvalue weighted by atomic mass is 10.0. The molecule has 1 fully saturated rings. The van der Waals surface area contributed by atoms with Crippen molar-refractivity contribution >= 4 is 41.0 Å². The predicted molar refractivity (Wildman–Crippen MR) is 122 cm³/mol. The molecule has 0 bridgehead atoms. The number of hydrogen-bond acceptors (Lipinski definition) is 5. The molecule has 1 aromatic heterocycles. The van der Waals surface area contributed by atoms with Crippen LogP contribution in [0.5, 0.6) is 0 Å². The molecule has 2 heterocycles. The third-order valence-electron chi connectivity index (χ3n) is 5.45. The first-order valence-electron chi connectivity index (χ1n) is 10.8. The first kappa shape index (κ1) is 21.4. The van der Waals surface area contributed by atoms with Crippen LogP contribution in [0.15, 0.2) is 59.6 Å². The first-order chi connectivity index (χ1) is 15.6. The minimum absolute atomic E-state index is 0.201. The highest BCUT2D eigenvalue weighted by atomic mass is 16.2. The van der Waals surface area contributed by atoms with E-state index >= 15 is 0 Å². The molecule has 1 aliphatic rings. The number of hydrogen-bond donors (Lipinski definition) is 1. The number of imidazole rings is 1. The number of amides is 4. The van der Waals surface area contributed by atoms with Gasteiger partial charge < -0.3 is 4.98 Å². The Bertz CT molecular complexity index is 1120. The first-order valence-corrected chi connectivity index (χ1v) is 10.8. The number of para-hydroxylation sites is 2. The van der Waals surface area contributed by atoms with Crippen molar-refractivity contribution < 1.29 is 14.4 Å². The molecule has 0 radical (unpaired) electrons. The lowest BCUT2D eigenvalue weighted by Crippen LogP contribution is -2.60. The summed E-state index contributed by atoms with van der Waals surface area (Å²) in [5.41, 5.74) is 2.56. The molecule has 1 atom stereocenters. The van der Waals surface area contributed by atoms with Crippen molar-refractivity contribution in [3.63, 3.8) is 0 Å². The van der Waals surface area contributed by atoms with E-state index in [0.29, 0.717) is 18.8 Å². The van der Waals surface area contributed by atoms with Gasteiger partial charge in [0.05, 0.1) is 11.0 Å². The van der Waals surface area contributed by atoms with Crippen LogP contribution in [0.4, 0.5) is 10.7 Å². The van der Waals surface area contributed by atoms with E-state index in [1.54, 1.807) is 0 Å². The third-order valence-corrected chi connectivity index (χ3v) is 5.45. The summed E-state index contributed by atoms with van der Waals surface area (Å²) >= 11 is 0. The summed E-state index contributed by atoms with van der Waals surface area (Å²) < 4.78 is 0. The zero-order valence-corrected chi connectivity index (χ0v) is 17.9. The molecule has 4 rings (SSSR count). The van der Waals surface area contributed by atoms with Gasteiger partial charge >= 0.3 is 6.03 Å². The van der Waals surface area contributed by atoms with Gasteiger partial charge in [-0.2, -0.15) is 0 Å². The number of unbranched alkanes of at least 4 members (excludes halogenated alkanes) is 1. The van der Waals surface area contributed by atoms with Crippen LogP contribution < -0.4 is 0 Å². The molecule has 1 aliphatic heterocycles. The van der Waals surface area contributed by atoms with Crippen LogP contribution in [0.25, 0.3) is 11.0 Å². The molecule has 8 nitrogen and oxygen atoms in total. The van der Waals surface area contributed by atoms with Crippen molar-refractivity contribution in [3.8, 4) is 0 Å². The Morgan fingerprint density at radius 1 is 0.969 bits per heavy atom. The Hall–Kier alpha value is -3.81. The molecule has 164 valence electrons. The minimum atomic E-state index is -1.16. The maximum absolute atomic E-state index is 13.1. The Labute approximate surface area is 186 Å². The monoisotopic (exact) mass is 431 g/mol. The maximum atomic E-state index is 13.1. The number of carbonyl (C=O) groups excluding carboxylic acids is 3. The number of fused-ring (bicyclic) bond motifs is 1. The van der Waals surface area contributed by atoms with Gasteiger partial charge in [-0.1, -0.05) is 55.8 Å². The zero-order chi connectivity index (χ0) is 22.5. The molecule has 1 unspecified atom stereocenters. The number of aliphatic imine (C=N–C) groups is 1. The van der Waals surface area contributed by atoms with Gasteiger partial charge in [0, 0.05) is 19.3 Å². The van der Waals surface area contributed by atoms with E-state index in [2.05, 4.69) is 15.0 Å².